The first-order chi connectivity index (χ1) is 7.63. The number of aromatic nitrogens is 1. The average molecular weight is 239 g/mol. The molecule has 1 unspecified atom stereocenters. The van der Waals surface area contributed by atoms with Crippen LogP contribution in [-0.4, -0.2) is 29.2 Å². The van der Waals surface area contributed by atoms with Gasteiger partial charge in [0.1, 0.15) is 4.99 Å². The van der Waals surface area contributed by atoms with Crippen LogP contribution in [0.2, 0.25) is 0 Å². The Morgan fingerprint density at radius 1 is 1.62 bits per heavy atom. The molecule has 1 atom stereocenters. The molecule has 1 aromatic rings. The fourth-order valence-corrected chi connectivity index (χ4v) is 1.37. The van der Waals surface area contributed by atoms with Gasteiger partial charge in [-0.1, -0.05) is 12.2 Å². The van der Waals surface area contributed by atoms with E-state index in [2.05, 4.69) is 17.2 Å². The van der Waals surface area contributed by atoms with Gasteiger partial charge in [0.25, 0.3) is 0 Å². The van der Waals surface area contributed by atoms with Crippen LogP contribution in [0.3, 0.4) is 0 Å². The molecular formula is C11H17N3OS. The van der Waals surface area contributed by atoms with Gasteiger partial charge in [0, 0.05) is 12.6 Å². The Kier molecular flexibility index (Phi) is 5.14. The zero-order chi connectivity index (χ0) is 12.0. The Labute approximate surface area is 101 Å². The van der Waals surface area contributed by atoms with Crippen LogP contribution >= 0.6 is 12.2 Å². The van der Waals surface area contributed by atoms with Gasteiger partial charge in [-0.2, -0.15) is 0 Å². The molecule has 1 aromatic heterocycles. The van der Waals surface area contributed by atoms with Crippen LogP contribution in [0.1, 0.15) is 19.5 Å². The number of hydrogen-bond donors (Lipinski definition) is 2. The molecule has 0 saturated carbocycles. The molecule has 5 heteroatoms. The third kappa shape index (κ3) is 4.12. The molecule has 1 heterocycles. The fraction of sp³-hybridized carbons (Fsp3) is 0.455. The second-order valence-electron chi connectivity index (χ2n) is 3.50. The SMILES string of the molecule is CCOCC(C)Nc1ccc(C(N)=S)nc1. The zero-order valence-electron chi connectivity index (χ0n) is 9.56. The van der Waals surface area contributed by atoms with Crippen LogP contribution in [-0.2, 0) is 4.74 Å². The normalized spacial score (nSPS) is 12.1. The molecule has 0 bridgehead atoms. The van der Waals surface area contributed by atoms with Crippen LogP contribution in [0.5, 0.6) is 0 Å². The monoisotopic (exact) mass is 239 g/mol. The van der Waals surface area contributed by atoms with E-state index in [0.29, 0.717) is 17.3 Å². The van der Waals surface area contributed by atoms with Gasteiger partial charge in [-0.05, 0) is 26.0 Å². The van der Waals surface area contributed by atoms with Crippen molar-refractivity contribution in [2.24, 2.45) is 5.73 Å². The van der Waals surface area contributed by atoms with Crippen molar-refractivity contribution in [1.82, 2.24) is 4.98 Å². The van der Waals surface area contributed by atoms with E-state index < -0.39 is 0 Å². The molecule has 0 aliphatic rings. The first-order valence-corrected chi connectivity index (χ1v) is 5.64. The van der Waals surface area contributed by atoms with Crippen LogP contribution < -0.4 is 11.1 Å². The largest absolute Gasteiger partial charge is 0.388 e. The molecule has 0 aliphatic carbocycles. The maximum atomic E-state index is 5.46. The first-order valence-electron chi connectivity index (χ1n) is 5.23. The van der Waals surface area contributed by atoms with Crippen LogP contribution in [0.15, 0.2) is 18.3 Å². The summed E-state index contributed by atoms with van der Waals surface area (Å²) in [5.41, 5.74) is 7.03. The standard InChI is InChI=1S/C11H17N3OS/c1-3-15-7-8(2)14-9-4-5-10(11(12)16)13-6-9/h4-6,8,14H,3,7H2,1-2H3,(H2,12,16). The van der Waals surface area contributed by atoms with Gasteiger partial charge >= 0.3 is 0 Å². The van der Waals surface area contributed by atoms with E-state index in [1.54, 1.807) is 12.3 Å². The molecule has 0 radical (unpaired) electrons. The second-order valence-corrected chi connectivity index (χ2v) is 3.94. The average Bonchev–Trinajstić information content (AvgIpc) is 2.27. The number of pyridine rings is 1. The van der Waals surface area contributed by atoms with E-state index in [1.807, 2.05) is 13.0 Å². The minimum atomic E-state index is 0.248. The Morgan fingerprint density at radius 3 is 2.88 bits per heavy atom. The second kappa shape index (κ2) is 6.40. The summed E-state index contributed by atoms with van der Waals surface area (Å²) in [7, 11) is 0. The highest BCUT2D eigenvalue weighted by Gasteiger charge is 2.03. The highest BCUT2D eigenvalue weighted by atomic mass is 32.1. The summed E-state index contributed by atoms with van der Waals surface area (Å²) >= 11 is 4.83. The molecule has 88 valence electrons. The summed E-state index contributed by atoms with van der Waals surface area (Å²) in [5, 5.41) is 3.27. The number of anilines is 1. The summed E-state index contributed by atoms with van der Waals surface area (Å²) in [6.45, 7) is 5.43. The van der Waals surface area contributed by atoms with Gasteiger partial charge in [-0.25, -0.2) is 0 Å². The Morgan fingerprint density at radius 2 is 2.38 bits per heavy atom. The van der Waals surface area contributed by atoms with Gasteiger partial charge in [0.15, 0.2) is 0 Å². The summed E-state index contributed by atoms with van der Waals surface area (Å²) in [5.74, 6) is 0. The van der Waals surface area contributed by atoms with Crippen molar-refractivity contribution >= 4 is 22.9 Å². The third-order valence-electron chi connectivity index (χ3n) is 2.00. The number of hydrogen-bond acceptors (Lipinski definition) is 4. The van der Waals surface area contributed by atoms with Crippen molar-refractivity contribution < 1.29 is 4.74 Å². The van der Waals surface area contributed by atoms with Gasteiger partial charge < -0.3 is 15.8 Å². The predicted molar refractivity (Wildman–Crippen MR) is 69.7 cm³/mol. The predicted octanol–water partition coefficient (Wildman–Crippen LogP) is 1.55. The lowest BCUT2D eigenvalue weighted by atomic mass is 10.3. The van der Waals surface area contributed by atoms with Crippen LogP contribution in [0, 0.1) is 0 Å². The maximum absolute atomic E-state index is 5.46. The quantitative estimate of drug-likeness (QED) is 0.738. The number of rotatable bonds is 6. The minimum Gasteiger partial charge on any atom is -0.388 e. The van der Waals surface area contributed by atoms with Gasteiger partial charge in [-0.15, -0.1) is 0 Å². The van der Waals surface area contributed by atoms with E-state index in [0.717, 1.165) is 12.3 Å². The fourth-order valence-electron chi connectivity index (χ4n) is 1.25. The molecule has 4 nitrogen and oxygen atoms in total. The highest BCUT2D eigenvalue weighted by Crippen LogP contribution is 2.07. The molecule has 0 amide bonds. The highest BCUT2D eigenvalue weighted by molar-refractivity contribution is 7.80. The topological polar surface area (TPSA) is 60.2 Å². The zero-order valence-corrected chi connectivity index (χ0v) is 10.4. The summed E-state index contributed by atoms with van der Waals surface area (Å²) < 4.78 is 5.31. The number of nitrogens with zero attached hydrogens (tertiary/aromatic N) is 1. The van der Waals surface area contributed by atoms with Crippen molar-refractivity contribution in [3.63, 3.8) is 0 Å². The van der Waals surface area contributed by atoms with E-state index in [-0.39, 0.29) is 6.04 Å². The summed E-state index contributed by atoms with van der Waals surface area (Å²) in [6, 6.07) is 3.96. The molecule has 16 heavy (non-hydrogen) atoms. The maximum Gasteiger partial charge on any atom is 0.122 e. The molecule has 1 rings (SSSR count). The lowest BCUT2D eigenvalue weighted by Crippen LogP contribution is -2.22. The van der Waals surface area contributed by atoms with Crippen LogP contribution in [0.4, 0.5) is 5.69 Å². The number of ether oxygens (including phenoxy) is 1. The van der Waals surface area contributed by atoms with Crippen molar-refractivity contribution in [2.45, 2.75) is 19.9 Å². The van der Waals surface area contributed by atoms with E-state index in [9.17, 15) is 0 Å². The molecule has 0 aliphatic heterocycles. The van der Waals surface area contributed by atoms with Gasteiger partial charge in [0.05, 0.1) is 24.2 Å². The molecule has 0 saturated heterocycles. The van der Waals surface area contributed by atoms with E-state index in [1.165, 1.54) is 0 Å². The first kappa shape index (κ1) is 12.9. The van der Waals surface area contributed by atoms with Gasteiger partial charge in [0.2, 0.25) is 0 Å². The molecular weight excluding hydrogens is 222 g/mol. The summed E-state index contributed by atoms with van der Waals surface area (Å²) in [6.07, 6.45) is 1.72. The van der Waals surface area contributed by atoms with Crippen LogP contribution in [0.25, 0.3) is 0 Å². The lowest BCUT2D eigenvalue weighted by molar-refractivity contribution is 0.141. The van der Waals surface area contributed by atoms with Crippen molar-refractivity contribution in [2.75, 3.05) is 18.5 Å². The molecule has 0 spiro atoms. The summed E-state index contributed by atoms with van der Waals surface area (Å²) in [4.78, 5) is 4.46. The van der Waals surface area contributed by atoms with Crippen molar-refractivity contribution in [1.29, 1.82) is 0 Å². The Bertz CT molecular complexity index is 340. The lowest BCUT2D eigenvalue weighted by Gasteiger charge is -2.14. The van der Waals surface area contributed by atoms with Crippen molar-refractivity contribution in [3.05, 3.63) is 24.0 Å². The number of thiocarbonyl (C=S) groups is 1. The minimum absolute atomic E-state index is 0.248. The Balaban J connectivity index is 2.51. The number of nitrogens with two attached hydrogens (primary N) is 1. The third-order valence-corrected chi connectivity index (χ3v) is 2.21. The van der Waals surface area contributed by atoms with E-state index in [4.69, 9.17) is 22.7 Å². The Hall–Kier alpha value is -1.20. The molecule has 0 aromatic carbocycles. The smallest absolute Gasteiger partial charge is 0.122 e. The number of nitrogens with one attached hydrogen (secondary N) is 1. The van der Waals surface area contributed by atoms with E-state index >= 15 is 0 Å². The molecule has 0 fully saturated rings. The van der Waals surface area contributed by atoms with Crippen molar-refractivity contribution in [3.8, 4) is 0 Å². The molecule has 3 N–H and O–H groups in total. The van der Waals surface area contributed by atoms with Gasteiger partial charge in [-0.3, -0.25) is 4.98 Å².